The van der Waals surface area contributed by atoms with E-state index in [2.05, 4.69) is 0 Å². The minimum atomic E-state index is -0.404. The van der Waals surface area contributed by atoms with Gasteiger partial charge in [0.15, 0.2) is 0 Å². The molecule has 0 radical (unpaired) electrons. The zero-order valence-corrected chi connectivity index (χ0v) is 10.4. The van der Waals surface area contributed by atoms with Crippen LogP contribution in [0, 0.1) is 0 Å². The smallest absolute Gasteiger partial charge is 0.328 e. The van der Waals surface area contributed by atoms with E-state index in [9.17, 15) is 9.59 Å². The van der Waals surface area contributed by atoms with Crippen LogP contribution in [0.5, 0.6) is 0 Å². The van der Waals surface area contributed by atoms with Crippen molar-refractivity contribution in [2.45, 2.75) is 31.7 Å². The molecule has 0 aliphatic carbocycles. The van der Waals surface area contributed by atoms with Crippen molar-refractivity contribution in [1.82, 2.24) is 4.90 Å². The number of methoxy groups -OCH3 is 1. The maximum Gasteiger partial charge on any atom is 0.328 e. The van der Waals surface area contributed by atoms with Crippen LogP contribution in [0.3, 0.4) is 0 Å². The number of aryl methyl sites for hydroxylation is 1. The molecule has 1 saturated heterocycles. The Hall–Kier alpha value is -1.78. The van der Waals surface area contributed by atoms with Gasteiger partial charge in [-0.1, -0.05) is 0 Å². The van der Waals surface area contributed by atoms with E-state index in [0.717, 1.165) is 12.2 Å². The van der Waals surface area contributed by atoms with Gasteiger partial charge in [-0.2, -0.15) is 0 Å². The molecule has 1 fully saturated rings. The Morgan fingerprint density at radius 3 is 3.06 bits per heavy atom. The number of amides is 1. The molecule has 1 amide bonds. The quantitative estimate of drug-likeness (QED) is 0.758. The number of hydrogen-bond acceptors (Lipinski definition) is 4. The van der Waals surface area contributed by atoms with Crippen LogP contribution >= 0.6 is 0 Å². The molecule has 1 unspecified atom stereocenters. The van der Waals surface area contributed by atoms with Crippen molar-refractivity contribution in [2.75, 3.05) is 13.7 Å². The zero-order chi connectivity index (χ0) is 13.0. The SMILES string of the molecule is COC(=O)C1CCCN1C(=O)CCc1ccco1. The van der Waals surface area contributed by atoms with Gasteiger partial charge in [0.1, 0.15) is 11.8 Å². The summed E-state index contributed by atoms with van der Waals surface area (Å²) in [7, 11) is 1.35. The van der Waals surface area contributed by atoms with Crippen molar-refractivity contribution in [2.24, 2.45) is 0 Å². The van der Waals surface area contributed by atoms with E-state index in [1.54, 1.807) is 17.2 Å². The van der Waals surface area contributed by atoms with Gasteiger partial charge >= 0.3 is 5.97 Å². The lowest BCUT2D eigenvalue weighted by Gasteiger charge is -2.22. The first-order valence-electron chi connectivity index (χ1n) is 6.12. The van der Waals surface area contributed by atoms with Crippen LogP contribution in [0.15, 0.2) is 22.8 Å². The third-order valence-electron chi connectivity index (χ3n) is 3.21. The van der Waals surface area contributed by atoms with E-state index in [-0.39, 0.29) is 11.9 Å². The van der Waals surface area contributed by atoms with E-state index < -0.39 is 6.04 Å². The van der Waals surface area contributed by atoms with E-state index in [1.165, 1.54) is 7.11 Å². The highest BCUT2D eigenvalue weighted by Crippen LogP contribution is 2.20. The fourth-order valence-corrected chi connectivity index (χ4v) is 2.27. The molecule has 2 rings (SSSR count). The van der Waals surface area contributed by atoms with Crippen molar-refractivity contribution >= 4 is 11.9 Å². The largest absolute Gasteiger partial charge is 0.469 e. The highest BCUT2D eigenvalue weighted by molar-refractivity contribution is 5.85. The molecule has 1 aliphatic rings. The van der Waals surface area contributed by atoms with Gasteiger partial charge in [0.2, 0.25) is 5.91 Å². The maximum atomic E-state index is 12.0. The van der Waals surface area contributed by atoms with Crippen molar-refractivity contribution in [3.8, 4) is 0 Å². The summed E-state index contributed by atoms with van der Waals surface area (Å²) in [4.78, 5) is 25.2. The van der Waals surface area contributed by atoms with Gasteiger partial charge in [-0.05, 0) is 25.0 Å². The van der Waals surface area contributed by atoms with Crippen molar-refractivity contribution in [1.29, 1.82) is 0 Å². The second-order valence-electron chi connectivity index (χ2n) is 4.35. The Balaban J connectivity index is 1.89. The number of furan rings is 1. The van der Waals surface area contributed by atoms with Crippen LogP contribution in [0.25, 0.3) is 0 Å². The van der Waals surface area contributed by atoms with Crippen LogP contribution in [-0.2, 0) is 20.7 Å². The summed E-state index contributed by atoms with van der Waals surface area (Å²) in [5.74, 6) is 0.454. The molecule has 98 valence electrons. The highest BCUT2D eigenvalue weighted by atomic mass is 16.5. The minimum absolute atomic E-state index is 0.0145. The Kier molecular flexibility index (Phi) is 4.02. The number of carbonyl (C=O) groups excluding carboxylic acids is 2. The van der Waals surface area contributed by atoms with E-state index in [0.29, 0.717) is 25.8 Å². The minimum Gasteiger partial charge on any atom is -0.469 e. The monoisotopic (exact) mass is 251 g/mol. The van der Waals surface area contributed by atoms with Gasteiger partial charge in [0.05, 0.1) is 13.4 Å². The van der Waals surface area contributed by atoms with Crippen LogP contribution in [0.4, 0.5) is 0 Å². The average Bonchev–Trinajstić information content (AvgIpc) is 3.05. The fourth-order valence-electron chi connectivity index (χ4n) is 2.27. The topological polar surface area (TPSA) is 59.8 Å². The lowest BCUT2D eigenvalue weighted by Crippen LogP contribution is -2.41. The number of rotatable bonds is 4. The van der Waals surface area contributed by atoms with Crippen LogP contribution in [0.1, 0.15) is 25.0 Å². The van der Waals surface area contributed by atoms with Gasteiger partial charge in [-0.15, -0.1) is 0 Å². The molecule has 1 aromatic heterocycles. The fraction of sp³-hybridized carbons (Fsp3) is 0.538. The molecule has 1 aliphatic heterocycles. The van der Waals surface area contributed by atoms with Crippen molar-refractivity contribution in [3.63, 3.8) is 0 Å². The number of ether oxygens (including phenoxy) is 1. The molecular weight excluding hydrogens is 234 g/mol. The predicted octanol–water partition coefficient (Wildman–Crippen LogP) is 1.38. The zero-order valence-electron chi connectivity index (χ0n) is 10.4. The summed E-state index contributed by atoms with van der Waals surface area (Å²) in [6, 6.07) is 3.24. The van der Waals surface area contributed by atoms with E-state index in [4.69, 9.17) is 9.15 Å². The summed E-state index contributed by atoms with van der Waals surface area (Å²) in [6.45, 7) is 0.636. The third kappa shape index (κ3) is 2.72. The van der Waals surface area contributed by atoms with Crippen molar-refractivity contribution in [3.05, 3.63) is 24.2 Å². The number of hydrogen-bond donors (Lipinski definition) is 0. The Labute approximate surface area is 106 Å². The van der Waals surface area contributed by atoms with Crippen LogP contribution < -0.4 is 0 Å². The normalized spacial score (nSPS) is 18.9. The predicted molar refractivity (Wildman–Crippen MR) is 63.8 cm³/mol. The van der Waals surface area contributed by atoms with Gasteiger partial charge in [0.25, 0.3) is 0 Å². The summed E-state index contributed by atoms with van der Waals surface area (Å²) in [5.41, 5.74) is 0. The molecule has 18 heavy (non-hydrogen) atoms. The molecule has 0 bridgehead atoms. The molecule has 1 aromatic rings. The molecule has 1 atom stereocenters. The number of likely N-dealkylation sites (tertiary alicyclic amines) is 1. The molecular formula is C13H17NO4. The van der Waals surface area contributed by atoms with Gasteiger partial charge in [-0.25, -0.2) is 4.79 Å². The van der Waals surface area contributed by atoms with Crippen molar-refractivity contribution < 1.29 is 18.7 Å². The number of nitrogens with zero attached hydrogens (tertiary/aromatic N) is 1. The first-order chi connectivity index (χ1) is 8.72. The molecule has 5 heteroatoms. The number of carbonyl (C=O) groups is 2. The summed E-state index contributed by atoms with van der Waals surface area (Å²) in [5, 5.41) is 0. The molecule has 2 heterocycles. The van der Waals surface area contributed by atoms with E-state index in [1.807, 2.05) is 6.07 Å². The molecule has 0 saturated carbocycles. The van der Waals surface area contributed by atoms with E-state index >= 15 is 0 Å². The Bertz CT molecular complexity index is 413. The first kappa shape index (κ1) is 12.7. The lowest BCUT2D eigenvalue weighted by molar-refractivity contribution is -0.150. The van der Waals surface area contributed by atoms with Crippen LogP contribution in [0.2, 0.25) is 0 Å². The molecule has 0 aromatic carbocycles. The summed E-state index contributed by atoms with van der Waals surface area (Å²) in [6.07, 6.45) is 4.07. The number of esters is 1. The first-order valence-corrected chi connectivity index (χ1v) is 6.12. The Morgan fingerprint density at radius 2 is 2.39 bits per heavy atom. The van der Waals surface area contributed by atoms with Gasteiger partial charge < -0.3 is 14.1 Å². The average molecular weight is 251 g/mol. The Morgan fingerprint density at radius 1 is 1.56 bits per heavy atom. The molecule has 0 N–H and O–H groups in total. The van der Waals surface area contributed by atoms with Gasteiger partial charge in [-0.3, -0.25) is 4.79 Å². The second-order valence-corrected chi connectivity index (χ2v) is 4.35. The second kappa shape index (κ2) is 5.71. The molecule has 0 spiro atoms. The lowest BCUT2D eigenvalue weighted by atomic mass is 10.2. The summed E-state index contributed by atoms with van der Waals surface area (Å²) < 4.78 is 9.89. The standard InChI is InChI=1S/C13H17NO4/c1-17-13(16)11-5-2-8-14(11)12(15)7-6-10-4-3-9-18-10/h3-4,9,11H,2,5-8H2,1H3. The van der Waals surface area contributed by atoms with Gasteiger partial charge in [0, 0.05) is 19.4 Å². The maximum absolute atomic E-state index is 12.0. The summed E-state index contributed by atoms with van der Waals surface area (Å²) >= 11 is 0. The highest BCUT2D eigenvalue weighted by Gasteiger charge is 2.34. The van der Waals surface area contributed by atoms with Crippen LogP contribution in [-0.4, -0.2) is 36.5 Å². The molecule has 5 nitrogen and oxygen atoms in total. The third-order valence-corrected chi connectivity index (χ3v) is 3.21.